The second-order valence-electron chi connectivity index (χ2n) is 3.90. The van der Waals surface area contributed by atoms with E-state index in [1.807, 2.05) is 12.1 Å². The maximum Gasteiger partial charge on any atom is 0.159 e. The second kappa shape index (κ2) is 4.43. The normalized spacial score (nSPS) is 16.8. The van der Waals surface area contributed by atoms with Crippen LogP contribution in [0.1, 0.15) is 5.56 Å². The van der Waals surface area contributed by atoms with Gasteiger partial charge in [0.25, 0.3) is 0 Å². The van der Waals surface area contributed by atoms with E-state index in [9.17, 15) is 8.42 Å². The first-order valence-corrected chi connectivity index (χ1v) is 6.89. The number of ether oxygens (including phenoxy) is 1. The third-order valence-electron chi connectivity index (χ3n) is 2.80. The van der Waals surface area contributed by atoms with Crippen LogP contribution in [-0.4, -0.2) is 33.9 Å². The van der Waals surface area contributed by atoms with Gasteiger partial charge in [-0.2, -0.15) is 0 Å². The zero-order valence-electron chi connectivity index (χ0n) is 9.14. The number of hydrogen-bond acceptors (Lipinski definition) is 4. The van der Waals surface area contributed by atoms with Crippen molar-refractivity contribution in [3.05, 3.63) is 29.8 Å². The van der Waals surface area contributed by atoms with Crippen molar-refractivity contribution < 1.29 is 13.2 Å². The minimum Gasteiger partial charge on any atom is -0.496 e. The molecular weight excluding hydrogens is 226 g/mol. The molecule has 1 heterocycles. The monoisotopic (exact) mass is 241 g/mol. The minimum atomic E-state index is -3.05. The quantitative estimate of drug-likeness (QED) is 0.838. The van der Waals surface area contributed by atoms with Gasteiger partial charge in [0.05, 0.1) is 18.1 Å². The number of methoxy groups -OCH3 is 1. The molecule has 16 heavy (non-hydrogen) atoms. The number of sulfone groups is 1. The average molecular weight is 241 g/mol. The lowest BCUT2D eigenvalue weighted by Crippen LogP contribution is -2.51. The first-order chi connectivity index (χ1) is 7.63. The molecule has 0 bridgehead atoms. The van der Waals surface area contributed by atoms with Gasteiger partial charge >= 0.3 is 0 Å². The molecular formula is C11H15NO3S. The molecule has 5 heteroatoms. The summed E-state index contributed by atoms with van der Waals surface area (Å²) in [5.74, 6) is 0.696. The predicted molar refractivity (Wildman–Crippen MR) is 62.3 cm³/mol. The lowest BCUT2D eigenvalue weighted by atomic mass is 10.2. The molecule has 2 rings (SSSR count). The van der Waals surface area contributed by atoms with Crippen LogP contribution in [0.3, 0.4) is 0 Å². The maximum absolute atomic E-state index is 12.0. The largest absolute Gasteiger partial charge is 0.496 e. The van der Waals surface area contributed by atoms with E-state index in [0.717, 1.165) is 5.56 Å². The Kier molecular flexibility index (Phi) is 3.16. The van der Waals surface area contributed by atoms with Gasteiger partial charge in [-0.1, -0.05) is 18.2 Å². The van der Waals surface area contributed by atoms with Gasteiger partial charge in [-0.3, -0.25) is 0 Å². The lowest BCUT2D eigenvalue weighted by Gasteiger charge is -2.27. The molecule has 1 aromatic carbocycles. The van der Waals surface area contributed by atoms with Gasteiger partial charge in [-0.15, -0.1) is 0 Å². The molecule has 0 amide bonds. The first-order valence-electron chi connectivity index (χ1n) is 5.17. The standard InChI is InChI=1S/C11H15NO3S/c1-15-11-5-3-2-4-9(11)8-16(13,14)10-6-12-7-10/h2-5,10,12H,6-8H2,1H3. The van der Waals surface area contributed by atoms with E-state index in [4.69, 9.17) is 4.74 Å². The third-order valence-corrected chi connectivity index (χ3v) is 4.86. The maximum atomic E-state index is 12.0. The number of benzene rings is 1. The van der Waals surface area contributed by atoms with E-state index in [1.165, 1.54) is 0 Å². The van der Waals surface area contributed by atoms with Gasteiger partial charge in [0.2, 0.25) is 0 Å². The van der Waals surface area contributed by atoms with E-state index in [1.54, 1.807) is 19.2 Å². The molecule has 0 aromatic heterocycles. The Bertz CT molecular complexity index is 466. The van der Waals surface area contributed by atoms with Crippen molar-refractivity contribution in [2.24, 2.45) is 0 Å². The van der Waals surface area contributed by atoms with Crippen molar-refractivity contribution in [1.82, 2.24) is 5.32 Å². The molecule has 0 unspecified atom stereocenters. The second-order valence-corrected chi connectivity index (χ2v) is 6.18. The van der Waals surface area contributed by atoms with Crippen LogP contribution >= 0.6 is 0 Å². The van der Waals surface area contributed by atoms with Gasteiger partial charge in [0, 0.05) is 18.7 Å². The predicted octanol–water partition coefficient (Wildman–Crippen LogP) is 0.582. The highest BCUT2D eigenvalue weighted by molar-refractivity contribution is 7.91. The van der Waals surface area contributed by atoms with Gasteiger partial charge < -0.3 is 10.1 Å². The van der Waals surface area contributed by atoms with Gasteiger partial charge in [0.15, 0.2) is 9.84 Å². The summed E-state index contributed by atoms with van der Waals surface area (Å²) in [5, 5.41) is 2.73. The number of rotatable bonds is 4. The van der Waals surface area contributed by atoms with Gasteiger partial charge in [-0.05, 0) is 6.07 Å². The summed E-state index contributed by atoms with van der Waals surface area (Å²) in [4.78, 5) is 0. The van der Waals surface area contributed by atoms with Crippen LogP contribution in [0.5, 0.6) is 5.75 Å². The summed E-state index contributed by atoms with van der Waals surface area (Å²) in [7, 11) is -1.50. The Hall–Kier alpha value is -1.07. The summed E-state index contributed by atoms with van der Waals surface area (Å²) >= 11 is 0. The summed E-state index contributed by atoms with van der Waals surface area (Å²) in [6.45, 7) is 1.13. The Morgan fingerprint density at radius 1 is 1.38 bits per heavy atom. The van der Waals surface area contributed by atoms with Crippen LogP contribution in [0.15, 0.2) is 24.3 Å². The molecule has 0 aliphatic carbocycles. The highest BCUT2D eigenvalue weighted by atomic mass is 32.2. The summed E-state index contributed by atoms with van der Waals surface area (Å²) in [5.41, 5.74) is 0.733. The SMILES string of the molecule is COc1ccccc1CS(=O)(=O)C1CNC1. The number of hydrogen-bond donors (Lipinski definition) is 1. The lowest BCUT2D eigenvalue weighted by molar-refractivity contribution is 0.410. The third kappa shape index (κ3) is 2.20. The molecule has 0 atom stereocenters. The zero-order valence-corrected chi connectivity index (χ0v) is 9.96. The molecule has 0 radical (unpaired) electrons. The Morgan fingerprint density at radius 3 is 2.62 bits per heavy atom. The molecule has 4 nitrogen and oxygen atoms in total. The molecule has 1 aliphatic rings. The Morgan fingerprint density at radius 2 is 2.06 bits per heavy atom. The van der Waals surface area contributed by atoms with Crippen LogP contribution < -0.4 is 10.1 Å². The van der Waals surface area contributed by atoms with Crippen molar-refractivity contribution in [2.75, 3.05) is 20.2 Å². The van der Waals surface area contributed by atoms with Crippen molar-refractivity contribution in [2.45, 2.75) is 11.0 Å². The van der Waals surface area contributed by atoms with E-state index < -0.39 is 9.84 Å². The molecule has 1 aliphatic heterocycles. The average Bonchev–Trinajstić information content (AvgIpc) is 2.14. The van der Waals surface area contributed by atoms with E-state index in [-0.39, 0.29) is 11.0 Å². The van der Waals surface area contributed by atoms with Gasteiger partial charge in [0.1, 0.15) is 5.75 Å². The molecule has 0 saturated carbocycles. The first kappa shape index (κ1) is 11.4. The number of para-hydroxylation sites is 1. The minimum absolute atomic E-state index is 0.0589. The fourth-order valence-electron chi connectivity index (χ4n) is 1.67. The van der Waals surface area contributed by atoms with Crippen LogP contribution in [0, 0.1) is 0 Å². The molecule has 1 N–H and O–H groups in total. The van der Waals surface area contributed by atoms with Crippen LogP contribution in [0.25, 0.3) is 0 Å². The summed E-state index contributed by atoms with van der Waals surface area (Å²) in [6, 6.07) is 7.23. The molecule has 1 saturated heterocycles. The molecule has 1 aromatic rings. The highest BCUT2D eigenvalue weighted by Gasteiger charge is 2.31. The highest BCUT2D eigenvalue weighted by Crippen LogP contribution is 2.22. The Labute approximate surface area is 95.5 Å². The molecule has 0 spiro atoms. The van der Waals surface area contributed by atoms with E-state index >= 15 is 0 Å². The van der Waals surface area contributed by atoms with E-state index in [2.05, 4.69) is 5.32 Å². The zero-order chi connectivity index (χ0) is 11.6. The fourth-order valence-corrected chi connectivity index (χ4v) is 3.32. The topological polar surface area (TPSA) is 55.4 Å². The van der Waals surface area contributed by atoms with Crippen LogP contribution in [-0.2, 0) is 15.6 Å². The summed E-state index contributed by atoms with van der Waals surface area (Å²) < 4.78 is 29.1. The van der Waals surface area contributed by atoms with Gasteiger partial charge in [-0.25, -0.2) is 8.42 Å². The van der Waals surface area contributed by atoms with Crippen molar-refractivity contribution in [3.63, 3.8) is 0 Å². The van der Waals surface area contributed by atoms with Crippen molar-refractivity contribution in [1.29, 1.82) is 0 Å². The van der Waals surface area contributed by atoms with Crippen LogP contribution in [0.4, 0.5) is 0 Å². The summed E-state index contributed by atoms with van der Waals surface area (Å²) in [6.07, 6.45) is 0. The molecule has 88 valence electrons. The van der Waals surface area contributed by atoms with Crippen LogP contribution in [0.2, 0.25) is 0 Å². The van der Waals surface area contributed by atoms with E-state index in [0.29, 0.717) is 18.8 Å². The van der Waals surface area contributed by atoms with Crippen molar-refractivity contribution >= 4 is 9.84 Å². The fraction of sp³-hybridized carbons (Fsp3) is 0.455. The molecule has 1 fully saturated rings. The Balaban J connectivity index is 2.19. The smallest absolute Gasteiger partial charge is 0.159 e. The number of nitrogens with one attached hydrogen (secondary N) is 1. The van der Waals surface area contributed by atoms with Crippen molar-refractivity contribution in [3.8, 4) is 5.75 Å².